The molecule has 1 aliphatic heterocycles. The van der Waals surface area contributed by atoms with Crippen LogP contribution in [0, 0.1) is 0 Å². The number of hydrogen-bond donors (Lipinski definition) is 2. The Labute approximate surface area is 190 Å². The number of amides is 1. The summed E-state index contributed by atoms with van der Waals surface area (Å²) in [5, 5.41) is 12.5. The molecule has 2 N–H and O–H groups in total. The molecule has 1 aromatic carbocycles. The quantitative estimate of drug-likeness (QED) is 0.542. The van der Waals surface area contributed by atoms with E-state index in [2.05, 4.69) is 10.3 Å². The zero-order valence-corrected chi connectivity index (χ0v) is 18.4. The van der Waals surface area contributed by atoms with Crippen LogP contribution in [-0.4, -0.2) is 40.5 Å². The fraction of sp³-hybridized carbons (Fsp3) is 0.524. The second kappa shape index (κ2) is 9.98. The van der Waals surface area contributed by atoms with Gasteiger partial charge >= 0.3 is 12.4 Å². The van der Waals surface area contributed by atoms with Gasteiger partial charge in [-0.15, -0.1) is 11.3 Å². The van der Waals surface area contributed by atoms with E-state index >= 15 is 0 Å². The third-order valence-electron chi connectivity index (χ3n) is 5.34. The number of aliphatic hydroxyl groups is 1. The molecular weight excluding hydrogens is 472 g/mol. The number of rotatable bonds is 6. The fourth-order valence-corrected chi connectivity index (χ4v) is 4.59. The molecule has 3 rings (SSSR count). The molecule has 2 unspecified atom stereocenters. The monoisotopic (exact) mass is 495 g/mol. The van der Waals surface area contributed by atoms with Crippen molar-refractivity contribution in [2.75, 3.05) is 19.6 Å². The number of nitrogens with one attached hydrogen (secondary N) is 1. The molecular formula is C21H23F6N3O2S. The summed E-state index contributed by atoms with van der Waals surface area (Å²) in [6, 6.07) is 3.19. The van der Waals surface area contributed by atoms with Gasteiger partial charge in [-0.1, -0.05) is 18.6 Å². The molecule has 5 nitrogen and oxygen atoms in total. The van der Waals surface area contributed by atoms with Crippen LogP contribution in [0.25, 0.3) is 0 Å². The summed E-state index contributed by atoms with van der Waals surface area (Å²) in [6.45, 7) is 2.91. The number of alkyl halides is 6. The summed E-state index contributed by atoms with van der Waals surface area (Å²) in [5.41, 5.74) is -2.27. The fourth-order valence-electron chi connectivity index (χ4n) is 3.62. The molecule has 0 bridgehead atoms. The average Bonchev–Trinajstić information content (AvgIpc) is 3.20. The van der Waals surface area contributed by atoms with Gasteiger partial charge in [0.2, 0.25) is 0 Å². The van der Waals surface area contributed by atoms with Crippen LogP contribution in [0.3, 0.4) is 0 Å². The number of aromatic nitrogens is 1. The zero-order chi connectivity index (χ0) is 24.4. The maximum Gasteiger partial charge on any atom is 0.435 e. The van der Waals surface area contributed by atoms with Crippen molar-refractivity contribution in [1.29, 1.82) is 0 Å². The first-order valence-corrected chi connectivity index (χ1v) is 11.1. The first-order chi connectivity index (χ1) is 15.4. The largest absolute Gasteiger partial charge is 0.435 e. The van der Waals surface area contributed by atoms with Crippen molar-refractivity contribution in [1.82, 2.24) is 15.2 Å². The molecule has 2 aromatic rings. The Hall–Kier alpha value is -2.18. The Morgan fingerprint density at radius 2 is 1.82 bits per heavy atom. The summed E-state index contributed by atoms with van der Waals surface area (Å²) < 4.78 is 79.4. The van der Waals surface area contributed by atoms with Crippen LogP contribution in [0.1, 0.15) is 69.8 Å². The molecule has 0 radical (unpaired) electrons. The van der Waals surface area contributed by atoms with Crippen molar-refractivity contribution < 1.29 is 36.2 Å². The smallest absolute Gasteiger partial charge is 0.385 e. The van der Waals surface area contributed by atoms with Crippen LogP contribution < -0.4 is 5.32 Å². The number of carbonyl (C=O) groups is 1. The first-order valence-electron chi connectivity index (χ1n) is 10.3. The van der Waals surface area contributed by atoms with Crippen LogP contribution in [0.15, 0.2) is 24.3 Å². The van der Waals surface area contributed by atoms with E-state index in [0.29, 0.717) is 11.3 Å². The molecule has 2 atom stereocenters. The zero-order valence-electron chi connectivity index (χ0n) is 17.6. The average molecular weight is 495 g/mol. The molecule has 0 spiro atoms. The van der Waals surface area contributed by atoms with Crippen LogP contribution in [0.5, 0.6) is 0 Å². The maximum absolute atomic E-state index is 13.5. The maximum atomic E-state index is 13.5. The van der Waals surface area contributed by atoms with Crippen molar-refractivity contribution >= 4 is 17.2 Å². The van der Waals surface area contributed by atoms with Gasteiger partial charge in [0, 0.05) is 6.54 Å². The molecule has 1 aliphatic rings. The van der Waals surface area contributed by atoms with Crippen LogP contribution in [-0.2, 0) is 12.4 Å². The minimum absolute atomic E-state index is 0.0848. The van der Waals surface area contributed by atoms with Crippen LogP contribution in [0.4, 0.5) is 26.3 Å². The molecule has 12 heteroatoms. The number of hydrogen-bond acceptors (Lipinski definition) is 5. The van der Waals surface area contributed by atoms with Gasteiger partial charge in [0.1, 0.15) is 16.0 Å². The highest BCUT2D eigenvalue weighted by Gasteiger charge is 2.41. The molecule has 1 aromatic heterocycles. The minimum atomic E-state index is -4.94. The number of carbonyl (C=O) groups excluding carboxylic acids is 1. The number of likely N-dealkylation sites (tertiary alicyclic amines) is 1. The van der Waals surface area contributed by atoms with Crippen LogP contribution >= 0.6 is 11.3 Å². The van der Waals surface area contributed by atoms with E-state index in [1.54, 1.807) is 0 Å². The summed E-state index contributed by atoms with van der Waals surface area (Å²) in [5.74, 6) is -1.12. The standard InChI is InChI=1S/C21H23F6N3O2S/c1-12(13-6-5-7-14(10-13)20(22,23)24)28-18(32)16-17(21(25,26)27)29-19(33-16)15(31)11-30-8-3-2-4-9-30/h5-7,10,12,15,31H,2-4,8-9,11H2,1H3,(H,28,32). The van der Waals surface area contributed by atoms with Crippen LogP contribution in [0.2, 0.25) is 0 Å². The summed E-state index contributed by atoms with van der Waals surface area (Å²) in [7, 11) is 0. The van der Waals surface area contributed by atoms with E-state index in [1.165, 1.54) is 13.0 Å². The topological polar surface area (TPSA) is 65.5 Å². The second-order valence-electron chi connectivity index (χ2n) is 7.92. The Kier molecular flexibility index (Phi) is 7.69. The predicted molar refractivity (Wildman–Crippen MR) is 110 cm³/mol. The third-order valence-corrected chi connectivity index (χ3v) is 6.50. The lowest BCUT2D eigenvalue weighted by atomic mass is 10.0. The third kappa shape index (κ3) is 6.45. The number of nitrogens with zero attached hydrogens (tertiary/aromatic N) is 2. The number of aliphatic hydroxyl groups excluding tert-OH is 1. The van der Waals surface area contributed by atoms with Crippen molar-refractivity contribution in [3.05, 3.63) is 51.0 Å². The van der Waals surface area contributed by atoms with Gasteiger partial charge in [-0.25, -0.2) is 4.98 Å². The number of halogens is 6. The summed E-state index contributed by atoms with van der Waals surface area (Å²) in [6.07, 6.45) is -7.92. The highest BCUT2D eigenvalue weighted by molar-refractivity contribution is 7.13. The molecule has 1 saturated heterocycles. The van der Waals surface area contributed by atoms with Crippen molar-refractivity contribution in [3.8, 4) is 0 Å². The Bertz CT molecular complexity index is 970. The Morgan fingerprint density at radius 3 is 2.42 bits per heavy atom. The van der Waals surface area contributed by atoms with Gasteiger partial charge < -0.3 is 15.3 Å². The van der Waals surface area contributed by atoms with Gasteiger partial charge in [-0.3, -0.25) is 4.79 Å². The molecule has 1 amide bonds. The Morgan fingerprint density at radius 1 is 1.15 bits per heavy atom. The van der Waals surface area contributed by atoms with E-state index in [-0.39, 0.29) is 17.1 Å². The molecule has 33 heavy (non-hydrogen) atoms. The highest BCUT2D eigenvalue weighted by Crippen LogP contribution is 2.37. The number of benzene rings is 1. The highest BCUT2D eigenvalue weighted by atomic mass is 32.1. The lowest BCUT2D eigenvalue weighted by Gasteiger charge is -2.27. The van der Waals surface area contributed by atoms with Crippen molar-refractivity contribution in [3.63, 3.8) is 0 Å². The van der Waals surface area contributed by atoms with E-state index in [0.717, 1.165) is 50.6 Å². The first kappa shape index (κ1) is 25.4. The van der Waals surface area contributed by atoms with Gasteiger partial charge in [0.05, 0.1) is 11.6 Å². The molecule has 0 saturated carbocycles. The Balaban J connectivity index is 1.80. The molecule has 2 heterocycles. The number of piperidine rings is 1. The van der Waals surface area contributed by atoms with Crippen molar-refractivity contribution in [2.24, 2.45) is 0 Å². The van der Waals surface area contributed by atoms with E-state index in [4.69, 9.17) is 0 Å². The minimum Gasteiger partial charge on any atom is -0.385 e. The molecule has 0 aliphatic carbocycles. The normalized spacial score (nSPS) is 17.6. The molecule has 1 fully saturated rings. The van der Waals surface area contributed by atoms with E-state index in [1.807, 2.05) is 4.90 Å². The van der Waals surface area contributed by atoms with Gasteiger partial charge in [-0.05, 0) is 50.6 Å². The summed E-state index contributed by atoms with van der Waals surface area (Å²) >= 11 is 0.436. The van der Waals surface area contributed by atoms with Gasteiger partial charge in [0.15, 0.2) is 5.69 Å². The SMILES string of the molecule is CC(NC(=O)c1sc(C(O)CN2CCCCC2)nc1C(F)(F)F)c1cccc(C(F)(F)F)c1. The second-order valence-corrected chi connectivity index (χ2v) is 8.95. The molecule has 182 valence electrons. The number of β-amino-alcohol motifs (C(OH)–C–C–N with tert-alkyl or cyclic N) is 1. The van der Waals surface area contributed by atoms with Gasteiger partial charge in [0.25, 0.3) is 5.91 Å². The van der Waals surface area contributed by atoms with Crippen molar-refractivity contribution in [2.45, 2.75) is 50.7 Å². The lowest BCUT2D eigenvalue weighted by Crippen LogP contribution is -2.33. The van der Waals surface area contributed by atoms with E-state index < -0.39 is 46.5 Å². The predicted octanol–water partition coefficient (Wildman–Crippen LogP) is 5.19. The summed E-state index contributed by atoms with van der Waals surface area (Å²) in [4.78, 5) is 17.3. The lowest BCUT2D eigenvalue weighted by molar-refractivity contribution is -0.141. The van der Waals surface area contributed by atoms with Gasteiger partial charge in [-0.2, -0.15) is 26.3 Å². The number of thiazole rings is 1. The van der Waals surface area contributed by atoms with E-state index in [9.17, 15) is 36.2 Å².